The van der Waals surface area contributed by atoms with Crippen molar-refractivity contribution in [3.63, 3.8) is 0 Å². The molecule has 0 saturated carbocycles. The molecule has 2 heterocycles. The molecular weight excluding hydrogens is 342 g/mol. The lowest BCUT2D eigenvalue weighted by Crippen LogP contribution is -2.28. The van der Waals surface area contributed by atoms with Crippen molar-refractivity contribution in [3.8, 4) is 11.3 Å². The molecule has 2 N–H and O–H groups in total. The van der Waals surface area contributed by atoms with Gasteiger partial charge in [-0.3, -0.25) is 4.79 Å². The normalized spacial score (nSPS) is 12.2. The van der Waals surface area contributed by atoms with E-state index in [1.165, 1.54) is 0 Å². The number of hydrogen-bond acceptors (Lipinski definition) is 4. The zero-order valence-electron chi connectivity index (χ0n) is 14.8. The molecule has 6 heteroatoms. The first-order valence-electron chi connectivity index (χ1n) is 8.65. The summed E-state index contributed by atoms with van der Waals surface area (Å²) in [6.45, 7) is 0.0880. The Hall–Kier alpha value is -3.38. The minimum atomic E-state index is -0.806. The molecule has 0 fully saturated rings. The van der Waals surface area contributed by atoms with Crippen LogP contribution in [0.2, 0.25) is 0 Å². The van der Waals surface area contributed by atoms with E-state index in [1.807, 2.05) is 72.4 Å². The monoisotopic (exact) mass is 361 g/mol. The Kier molecular flexibility index (Phi) is 4.48. The fraction of sp³-hybridized carbons (Fsp3) is 0.143. The molecule has 0 aliphatic heterocycles. The molecule has 2 aromatic carbocycles. The number of benzene rings is 2. The highest BCUT2D eigenvalue weighted by molar-refractivity contribution is 5.93. The van der Waals surface area contributed by atoms with Gasteiger partial charge < -0.3 is 19.5 Å². The van der Waals surface area contributed by atoms with E-state index in [0.29, 0.717) is 5.76 Å². The summed E-state index contributed by atoms with van der Waals surface area (Å²) in [5.74, 6) is 0.136. The molecule has 1 atom stereocenters. The zero-order valence-corrected chi connectivity index (χ0v) is 14.8. The second-order valence-electron chi connectivity index (χ2n) is 6.41. The number of hydrogen-bond donors (Lipinski definition) is 2. The summed E-state index contributed by atoms with van der Waals surface area (Å²) in [6, 6.07) is 18.8. The van der Waals surface area contributed by atoms with E-state index in [9.17, 15) is 9.90 Å². The van der Waals surface area contributed by atoms with Crippen molar-refractivity contribution < 1.29 is 14.4 Å². The van der Waals surface area contributed by atoms with E-state index in [0.717, 1.165) is 22.0 Å². The SMILES string of the molecule is Cn1ccc2cc(C(O)CNC(=O)c3cc(-c4ccccc4)on3)ccc21. The fourth-order valence-electron chi connectivity index (χ4n) is 3.03. The van der Waals surface area contributed by atoms with Gasteiger partial charge in [0.1, 0.15) is 0 Å². The largest absolute Gasteiger partial charge is 0.387 e. The van der Waals surface area contributed by atoms with Gasteiger partial charge in [0.25, 0.3) is 5.91 Å². The minimum Gasteiger partial charge on any atom is -0.387 e. The number of aliphatic hydroxyl groups is 1. The first-order chi connectivity index (χ1) is 13.1. The van der Waals surface area contributed by atoms with Crippen molar-refractivity contribution in [1.82, 2.24) is 15.0 Å². The molecule has 0 saturated heterocycles. The van der Waals surface area contributed by atoms with Crippen LogP contribution in [-0.4, -0.2) is 27.3 Å². The van der Waals surface area contributed by atoms with Crippen LogP contribution in [-0.2, 0) is 7.05 Å². The summed E-state index contributed by atoms with van der Waals surface area (Å²) >= 11 is 0. The number of rotatable bonds is 5. The van der Waals surface area contributed by atoms with Gasteiger partial charge in [-0.1, -0.05) is 41.6 Å². The van der Waals surface area contributed by atoms with E-state index in [4.69, 9.17) is 4.52 Å². The molecule has 0 aliphatic carbocycles. The topological polar surface area (TPSA) is 80.3 Å². The Bertz CT molecular complexity index is 1080. The Morgan fingerprint density at radius 3 is 2.81 bits per heavy atom. The van der Waals surface area contributed by atoms with Crippen molar-refractivity contribution in [1.29, 1.82) is 0 Å². The third-order valence-corrected chi connectivity index (χ3v) is 4.55. The molecule has 2 aromatic heterocycles. The summed E-state index contributed by atoms with van der Waals surface area (Å²) in [7, 11) is 1.97. The summed E-state index contributed by atoms with van der Waals surface area (Å²) in [4.78, 5) is 12.3. The lowest BCUT2D eigenvalue weighted by atomic mass is 10.1. The number of aromatic nitrogens is 2. The van der Waals surface area contributed by atoms with E-state index in [1.54, 1.807) is 6.07 Å². The maximum Gasteiger partial charge on any atom is 0.273 e. The van der Waals surface area contributed by atoms with Crippen LogP contribution in [0.4, 0.5) is 0 Å². The van der Waals surface area contributed by atoms with E-state index in [2.05, 4.69) is 10.5 Å². The van der Waals surface area contributed by atoms with Gasteiger partial charge in [0.15, 0.2) is 11.5 Å². The minimum absolute atomic E-state index is 0.0880. The molecule has 136 valence electrons. The van der Waals surface area contributed by atoms with Gasteiger partial charge in [-0.2, -0.15) is 0 Å². The van der Waals surface area contributed by atoms with Crippen molar-refractivity contribution in [2.45, 2.75) is 6.10 Å². The second kappa shape index (κ2) is 7.09. The fourth-order valence-corrected chi connectivity index (χ4v) is 3.03. The Morgan fingerprint density at radius 1 is 1.19 bits per heavy atom. The number of nitrogens with zero attached hydrogens (tertiary/aromatic N) is 2. The number of nitrogens with one attached hydrogen (secondary N) is 1. The number of carbonyl (C=O) groups is 1. The van der Waals surface area contributed by atoms with Crippen LogP contribution in [0.15, 0.2) is 71.4 Å². The summed E-state index contributed by atoms with van der Waals surface area (Å²) in [5, 5.41) is 18.0. The van der Waals surface area contributed by atoms with Gasteiger partial charge in [0.05, 0.1) is 6.10 Å². The van der Waals surface area contributed by atoms with Gasteiger partial charge in [-0.05, 0) is 29.1 Å². The summed E-state index contributed by atoms with van der Waals surface area (Å²) < 4.78 is 7.25. The van der Waals surface area contributed by atoms with Crippen LogP contribution in [0.3, 0.4) is 0 Å². The second-order valence-corrected chi connectivity index (χ2v) is 6.41. The average Bonchev–Trinajstić information content (AvgIpc) is 3.34. The maximum atomic E-state index is 12.3. The number of aliphatic hydroxyl groups excluding tert-OH is 1. The van der Waals surface area contributed by atoms with Crippen molar-refractivity contribution in [2.24, 2.45) is 7.05 Å². The quantitative estimate of drug-likeness (QED) is 0.572. The maximum absolute atomic E-state index is 12.3. The standard InChI is InChI=1S/C21H19N3O3/c1-24-10-9-15-11-16(7-8-18(15)24)19(25)13-22-21(26)17-12-20(27-23-17)14-5-3-2-4-6-14/h2-12,19,25H,13H2,1H3,(H,22,26). The Labute approximate surface area is 156 Å². The van der Waals surface area contributed by atoms with Crippen LogP contribution in [0, 0.1) is 0 Å². The van der Waals surface area contributed by atoms with Gasteiger partial charge in [0.2, 0.25) is 0 Å². The molecule has 4 aromatic rings. The van der Waals surface area contributed by atoms with E-state index in [-0.39, 0.29) is 18.1 Å². The molecule has 27 heavy (non-hydrogen) atoms. The van der Waals surface area contributed by atoms with Gasteiger partial charge in [-0.25, -0.2) is 0 Å². The first-order valence-corrected chi connectivity index (χ1v) is 8.65. The lowest BCUT2D eigenvalue weighted by molar-refractivity contribution is 0.0907. The molecule has 4 rings (SSSR count). The predicted octanol–water partition coefficient (Wildman–Crippen LogP) is 3.30. The third-order valence-electron chi connectivity index (χ3n) is 4.55. The van der Waals surface area contributed by atoms with Crippen LogP contribution in [0.5, 0.6) is 0 Å². The third kappa shape index (κ3) is 3.47. The zero-order chi connectivity index (χ0) is 18.8. The average molecular weight is 361 g/mol. The number of fused-ring (bicyclic) bond motifs is 1. The van der Waals surface area contributed by atoms with Gasteiger partial charge in [0, 0.05) is 36.9 Å². The van der Waals surface area contributed by atoms with Crippen molar-refractivity contribution in [3.05, 3.63) is 78.1 Å². The molecule has 1 amide bonds. The molecule has 1 unspecified atom stereocenters. The number of carbonyl (C=O) groups excluding carboxylic acids is 1. The number of amides is 1. The highest BCUT2D eigenvalue weighted by atomic mass is 16.5. The number of aryl methyl sites for hydroxylation is 1. The Morgan fingerprint density at radius 2 is 2.00 bits per heavy atom. The molecular formula is C21H19N3O3. The van der Waals surface area contributed by atoms with Crippen LogP contribution >= 0.6 is 0 Å². The Balaban J connectivity index is 1.41. The van der Waals surface area contributed by atoms with E-state index < -0.39 is 6.10 Å². The van der Waals surface area contributed by atoms with Crippen LogP contribution in [0.1, 0.15) is 22.2 Å². The van der Waals surface area contributed by atoms with Gasteiger partial charge >= 0.3 is 0 Å². The van der Waals surface area contributed by atoms with Crippen molar-refractivity contribution in [2.75, 3.05) is 6.54 Å². The molecule has 0 bridgehead atoms. The smallest absolute Gasteiger partial charge is 0.273 e. The highest BCUT2D eigenvalue weighted by Gasteiger charge is 2.16. The summed E-state index contributed by atoms with van der Waals surface area (Å²) in [6.07, 6.45) is 1.16. The summed E-state index contributed by atoms with van der Waals surface area (Å²) in [5.41, 5.74) is 2.87. The molecule has 0 spiro atoms. The van der Waals surface area contributed by atoms with Gasteiger partial charge in [-0.15, -0.1) is 0 Å². The lowest BCUT2D eigenvalue weighted by Gasteiger charge is -2.12. The van der Waals surface area contributed by atoms with Crippen LogP contribution < -0.4 is 5.32 Å². The predicted molar refractivity (Wildman–Crippen MR) is 102 cm³/mol. The molecule has 6 nitrogen and oxygen atoms in total. The van der Waals surface area contributed by atoms with E-state index >= 15 is 0 Å². The molecule has 0 aliphatic rings. The highest BCUT2D eigenvalue weighted by Crippen LogP contribution is 2.22. The van der Waals surface area contributed by atoms with Crippen molar-refractivity contribution >= 4 is 16.8 Å². The first kappa shape index (κ1) is 17.1. The van der Waals surface area contributed by atoms with Crippen LogP contribution in [0.25, 0.3) is 22.2 Å². The molecule has 0 radical (unpaired) electrons.